The van der Waals surface area contributed by atoms with E-state index in [-0.39, 0.29) is 0 Å². The molecule has 0 unspecified atom stereocenters. The lowest BCUT2D eigenvalue weighted by Gasteiger charge is -2.05. The van der Waals surface area contributed by atoms with Crippen molar-refractivity contribution in [2.75, 3.05) is 6.61 Å². The Hall–Kier alpha value is -1.31. The van der Waals surface area contributed by atoms with Crippen LogP contribution in [0.2, 0.25) is 0 Å². The fourth-order valence-electron chi connectivity index (χ4n) is 1.94. The third kappa shape index (κ3) is 1.72. The molecule has 13 heavy (non-hydrogen) atoms. The van der Waals surface area contributed by atoms with Gasteiger partial charge in [-0.25, -0.2) is 0 Å². The number of benzene rings is 1. The van der Waals surface area contributed by atoms with Crippen molar-refractivity contribution < 1.29 is 9.53 Å². The van der Waals surface area contributed by atoms with Crippen LogP contribution in [-0.4, -0.2) is 13.1 Å². The summed E-state index contributed by atoms with van der Waals surface area (Å²) in [5.74, 6) is 0.489. The normalized spacial score (nSPS) is 15.4. The highest BCUT2D eigenvalue weighted by Gasteiger charge is 2.20. The number of ether oxygens (including phenoxy) is 1. The monoisotopic (exact) mass is 176 g/mol. The zero-order chi connectivity index (χ0) is 9.10. The summed E-state index contributed by atoms with van der Waals surface area (Å²) in [5.41, 5.74) is 2.81. The molecule has 1 aromatic rings. The van der Waals surface area contributed by atoms with E-state index in [1.54, 1.807) is 0 Å². The van der Waals surface area contributed by atoms with E-state index in [9.17, 15) is 4.79 Å². The summed E-state index contributed by atoms with van der Waals surface area (Å²) in [6.07, 6.45) is 2.09. The van der Waals surface area contributed by atoms with E-state index in [1.807, 2.05) is 0 Å². The maximum absolute atomic E-state index is 10.0. The zero-order valence-electron chi connectivity index (χ0n) is 7.40. The van der Waals surface area contributed by atoms with Crippen LogP contribution in [0.3, 0.4) is 0 Å². The molecule has 0 bridgehead atoms. The lowest BCUT2D eigenvalue weighted by Crippen LogP contribution is -2.08. The van der Waals surface area contributed by atoms with Crippen LogP contribution in [0.1, 0.15) is 11.1 Å². The lowest BCUT2D eigenvalue weighted by molar-refractivity contribution is -0.129. The molecule has 0 N–H and O–H groups in total. The smallest absolute Gasteiger partial charge is 0.293 e. The van der Waals surface area contributed by atoms with Gasteiger partial charge in [-0.2, -0.15) is 0 Å². The van der Waals surface area contributed by atoms with E-state index < -0.39 is 0 Å². The quantitative estimate of drug-likeness (QED) is 0.653. The van der Waals surface area contributed by atoms with E-state index in [4.69, 9.17) is 4.74 Å². The van der Waals surface area contributed by atoms with Gasteiger partial charge in [0.1, 0.15) is 0 Å². The minimum atomic E-state index is 0.489. The van der Waals surface area contributed by atoms with Crippen LogP contribution < -0.4 is 0 Å². The fourth-order valence-corrected chi connectivity index (χ4v) is 1.94. The van der Waals surface area contributed by atoms with Gasteiger partial charge in [0.05, 0.1) is 6.61 Å². The Morgan fingerprint density at radius 2 is 1.92 bits per heavy atom. The zero-order valence-corrected chi connectivity index (χ0v) is 7.40. The van der Waals surface area contributed by atoms with Gasteiger partial charge >= 0.3 is 0 Å². The molecular weight excluding hydrogens is 164 g/mol. The molecule has 0 atom stereocenters. The predicted molar refractivity (Wildman–Crippen MR) is 49.4 cm³/mol. The number of rotatable bonds is 3. The molecule has 0 radical (unpaired) electrons. The molecule has 1 aliphatic rings. The highest BCUT2D eigenvalue weighted by molar-refractivity contribution is 5.37. The van der Waals surface area contributed by atoms with Gasteiger partial charge in [-0.15, -0.1) is 0 Å². The van der Waals surface area contributed by atoms with Gasteiger partial charge in [-0.05, 0) is 24.0 Å². The second-order valence-electron chi connectivity index (χ2n) is 3.47. The number of carbonyl (C=O) groups excluding carboxylic acids is 1. The maximum Gasteiger partial charge on any atom is 0.293 e. The molecule has 0 amide bonds. The minimum absolute atomic E-state index is 0.489. The summed E-state index contributed by atoms with van der Waals surface area (Å²) < 4.78 is 4.77. The van der Waals surface area contributed by atoms with Crippen LogP contribution in [0.4, 0.5) is 0 Å². The summed E-state index contributed by atoms with van der Waals surface area (Å²) in [5, 5.41) is 0. The Kier molecular flexibility index (Phi) is 2.30. The van der Waals surface area contributed by atoms with Gasteiger partial charge in [0.25, 0.3) is 6.47 Å². The third-order valence-electron chi connectivity index (χ3n) is 2.54. The van der Waals surface area contributed by atoms with Gasteiger partial charge in [0.2, 0.25) is 0 Å². The average molecular weight is 176 g/mol. The number of hydrogen-bond donors (Lipinski definition) is 0. The first kappa shape index (κ1) is 8.30. The van der Waals surface area contributed by atoms with Gasteiger partial charge in [0.15, 0.2) is 0 Å². The molecule has 0 aromatic heterocycles. The standard InChI is InChI=1S/C11H12O2/c12-8-13-7-9-5-10-3-1-2-4-11(10)6-9/h1-4,8-9H,5-7H2. The highest BCUT2D eigenvalue weighted by atomic mass is 16.5. The summed E-state index contributed by atoms with van der Waals surface area (Å²) in [6, 6.07) is 8.41. The Labute approximate surface area is 77.5 Å². The summed E-state index contributed by atoms with van der Waals surface area (Å²) in [7, 11) is 0. The van der Waals surface area contributed by atoms with Crippen LogP contribution in [0.5, 0.6) is 0 Å². The number of carbonyl (C=O) groups is 1. The van der Waals surface area contributed by atoms with Crippen LogP contribution in [0, 0.1) is 5.92 Å². The molecule has 2 nitrogen and oxygen atoms in total. The van der Waals surface area contributed by atoms with Crippen LogP contribution in [-0.2, 0) is 22.4 Å². The van der Waals surface area contributed by atoms with E-state index in [0.717, 1.165) is 12.8 Å². The summed E-state index contributed by atoms with van der Waals surface area (Å²) in [6.45, 7) is 1.08. The molecule has 0 aliphatic heterocycles. The van der Waals surface area contributed by atoms with Crippen LogP contribution in [0.15, 0.2) is 24.3 Å². The van der Waals surface area contributed by atoms with Crippen molar-refractivity contribution in [3.8, 4) is 0 Å². The molecule has 2 rings (SSSR count). The van der Waals surface area contributed by atoms with E-state index in [1.165, 1.54) is 11.1 Å². The molecule has 1 aromatic carbocycles. The topological polar surface area (TPSA) is 26.3 Å². The fraction of sp³-hybridized carbons (Fsp3) is 0.364. The van der Waals surface area contributed by atoms with Crippen LogP contribution >= 0.6 is 0 Å². The van der Waals surface area contributed by atoms with Crippen molar-refractivity contribution >= 4 is 6.47 Å². The largest absolute Gasteiger partial charge is 0.468 e. The summed E-state index contributed by atoms with van der Waals surface area (Å²) in [4.78, 5) is 10.0. The first-order chi connectivity index (χ1) is 6.40. The Morgan fingerprint density at radius 3 is 2.46 bits per heavy atom. The summed E-state index contributed by atoms with van der Waals surface area (Å²) >= 11 is 0. The first-order valence-electron chi connectivity index (χ1n) is 4.52. The first-order valence-corrected chi connectivity index (χ1v) is 4.52. The Morgan fingerprint density at radius 1 is 1.31 bits per heavy atom. The Balaban J connectivity index is 2.01. The van der Waals surface area contributed by atoms with Crippen molar-refractivity contribution in [3.63, 3.8) is 0 Å². The average Bonchev–Trinajstić information content (AvgIpc) is 2.57. The molecule has 2 heteroatoms. The molecule has 0 heterocycles. The van der Waals surface area contributed by atoms with E-state index in [2.05, 4.69) is 24.3 Å². The molecule has 0 spiro atoms. The van der Waals surface area contributed by atoms with Gasteiger partial charge in [0, 0.05) is 5.92 Å². The van der Waals surface area contributed by atoms with Crippen molar-refractivity contribution in [2.45, 2.75) is 12.8 Å². The number of hydrogen-bond acceptors (Lipinski definition) is 2. The van der Waals surface area contributed by atoms with E-state index in [0.29, 0.717) is 19.0 Å². The maximum atomic E-state index is 10.0. The van der Waals surface area contributed by atoms with Crippen molar-refractivity contribution in [1.29, 1.82) is 0 Å². The van der Waals surface area contributed by atoms with Gasteiger partial charge in [-0.3, -0.25) is 4.79 Å². The van der Waals surface area contributed by atoms with Gasteiger partial charge < -0.3 is 4.74 Å². The molecule has 68 valence electrons. The SMILES string of the molecule is O=COCC1Cc2ccccc2C1. The minimum Gasteiger partial charge on any atom is -0.468 e. The van der Waals surface area contributed by atoms with Crippen molar-refractivity contribution in [3.05, 3.63) is 35.4 Å². The number of fused-ring (bicyclic) bond motifs is 1. The molecule has 0 fully saturated rings. The second-order valence-corrected chi connectivity index (χ2v) is 3.47. The van der Waals surface area contributed by atoms with Crippen LogP contribution in [0.25, 0.3) is 0 Å². The van der Waals surface area contributed by atoms with E-state index >= 15 is 0 Å². The molecule has 0 saturated heterocycles. The highest BCUT2D eigenvalue weighted by Crippen LogP contribution is 2.26. The van der Waals surface area contributed by atoms with Crippen molar-refractivity contribution in [2.24, 2.45) is 5.92 Å². The Bertz CT molecular complexity index is 282. The third-order valence-corrected chi connectivity index (χ3v) is 2.54. The van der Waals surface area contributed by atoms with Gasteiger partial charge in [-0.1, -0.05) is 24.3 Å². The lowest BCUT2D eigenvalue weighted by atomic mass is 10.1. The second kappa shape index (κ2) is 3.60. The molecule has 1 aliphatic carbocycles. The molecule has 0 saturated carbocycles. The molecular formula is C11H12O2. The van der Waals surface area contributed by atoms with Crippen molar-refractivity contribution in [1.82, 2.24) is 0 Å². The predicted octanol–water partition coefficient (Wildman–Crippen LogP) is 1.57.